The standard InChI is InChI=1S/C17H14Cl2N2O2S/c1-23-9-8-21-14-7-6-11(18)10-15(14)24-17(21)20-16(22)12-4-2-3-5-13(12)19/h2-7,10H,8-9H2,1H3. The van der Waals surface area contributed by atoms with E-state index in [9.17, 15) is 4.79 Å². The van der Waals surface area contributed by atoms with Crippen molar-refractivity contribution >= 4 is 50.7 Å². The molecule has 1 amide bonds. The summed E-state index contributed by atoms with van der Waals surface area (Å²) in [5.74, 6) is -0.371. The summed E-state index contributed by atoms with van der Waals surface area (Å²) in [5.41, 5.74) is 1.35. The number of carbonyl (C=O) groups is 1. The van der Waals surface area contributed by atoms with E-state index in [0.717, 1.165) is 10.2 Å². The maximum Gasteiger partial charge on any atom is 0.281 e. The van der Waals surface area contributed by atoms with E-state index in [-0.39, 0.29) is 5.91 Å². The van der Waals surface area contributed by atoms with Gasteiger partial charge in [0.25, 0.3) is 5.91 Å². The molecule has 0 bridgehead atoms. The average molecular weight is 381 g/mol. The number of methoxy groups -OCH3 is 1. The van der Waals surface area contributed by atoms with Crippen LogP contribution in [0.5, 0.6) is 0 Å². The molecule has 0 radical (unpaired) electrons. The molecule has 0 fully saturated rings. The summed E-state index contributed by atoms with van der Waals surface area (Å²) in [5, 5.41) is 1.03. The first-order valence-corrected chi connectivity index (χ1v) is 8.79. The van der Waals surface area contributed by atoms with Gasteiger partial charge in [-0.15, -0.1) is 0 Å². The second-order valence-electron chi connectivity index (χ2n) is 5.04. The van der Waals surface area contributed by atoms with Gasteiger partial charge in [0.2, 0.25) is 0 Å². The molecule has 2 aromatic carbocycles. The molecule has 0 aliphatic rings. The minimum Gasteiger partial charge on any atom is -0.383 e. The van der Waals surface area contributed by atoms with Gasteiger partial charge in [-0.1, -0.05) is 46.7 Å². The van der Waals surface area contributed by atoms with Crippen LogP contribution in [0, 0.1) is 0 Å². The summed E-state index contributed by atoms with van der Waals surface area (Å²) in [6.07, 6.45) is 0. The van der Waals surface area contributed by atoms with Crippen LogP contribution < -0.4 is 4.80 Å². The van der Waals surface area contributed by atoms with Crippen molar-refractivity contribution in [2.75, 3.05) is 13.7 Å². The molecular weight excluding hydrogens is 367 g/mol. The van der Waals surface area contributed by atoms with Crippen molar-refractivity contribution in [2.24, 2.45) is 4.99 Å². The van der Waals surface area contributed by atoms with Crippen LogP contribution in [0.15, 0.2) is 47.5 Å². The van der Waals surface area contributed by atoms with Gasteiger partial charge in [-0.3, -0.25) is 4.79 Å². The van der Waals surface area contributed by atoms with Gasteiger partial charge in [-0.2, -0.15) is 4.99 Å². The van der Waals surface area contributed by atoms with Crippen LogP contribution in [0.2, 0.25) is 10.0 Å². The third kappa shape index (κ3) is 3.54. The SMILES string of the molecule is COCCn1c(=NC(=O)c2ccccc2Cl)sc2cc(Cl)ccc21. The van der Waals surface area contributed by atoms with Crippen LogP contribution in [-0.2, 0) is 11.3 Å². The van der Waals surface area contributed by atoms with Crippen molar-refractivity contribution < 1.29 is 9.53 Å². The molecular formula is C17H14Cl2N2O2S. The Hall–Kier alpha value is -1.66. The Kier molecular flexibility index (Phi) is 5.36. The van der Waals surface area contributed by atoms with Crippen molar-refractivity contribution in [3.05, 3.63) is 62.9 Å². The zero-order valence-corrected chi connectivity index (χ0v) is 15.2. The zero-order valence-electron chi connectivity index (χ0n) is 12.8. The number of amides is 1. The molecule has 124 valence electrons. The molecule has 0 aliphatic carbocycles. The van der Waals surface area contributed by atoms with Crippen LogP contribution in [0.4, 0.5) is 0 Å². The number of aromatic nitrogens is 1. The van der Waals surface area contributed by atoms with E-state index in [0.29, 0.717) is 33.6 Å². The molecule has 3 aromatic rings. The number of ether oxygens (including phenoxy) is 1. The Morgan fingerprint density at radius 1 is 1.25 bits per heavy atom. The van der Waals surface area contributed by atoms with E-state index in [1.807, 2.05) is 22.8 Å². The van der Waals surface area contributed by atoms with Crippen LogP contribution in [0.25, 0.3) is 10.2 Å². The van der Waals surface area contributed by atoms with Crippen molar-refractivity contribution in [2.45, 2.75) is 6.54 Å². The molecule has 0 N–H and O–H groups in total. The number of hydrogen-bond acceptors (Lipinski definition) is 3. The van der Waals surface area contributed by atoms with Gasteiger partial charge in [0.1, 0.15) is 0 Å². The van der Waals surface area contributed by atoms with Gasteiger partial charge in [-0.25, -0.2) is 0 Å². The molecule has 1 heterocycles. The van der Waals surface area contributed by atoms with Crippen LogP contribution in [0.3, 0.4) is 0 Å². The lowest BCUT2D eigenvalue weighted by molar-refractivity contribution is 0.0997. The third-order valence-electron chi connectivity index (χ3n) is 3.47. The summed E-state index contributed by atoms with van der Waals surface area (Å²) in [4.78, 5) is 17.4. The Balaban J connectivity index is 2.13. The van der Waals surface area contributed by atoms with Crippen LogP contribution >= 0.6 is 34.5 Å². The predicted molar refractivity (Wildman–Crippen MR) is 98.0 cm³/mol. The molecule has 0 saturated carbocycles. The lowest BCUT2D eigenvalue weighted by atomic mass is 10.2. The summed E-state index contributed by atoms with van der Waals surface area (Å²) in [7, 11) is 1.64. The van der Waals surface area contributed by atoms with Gasteiger partial charge in [0, 0.05) is 18.7 Å². The first kappa shape index (κ1) is 17.2. The first-order valence-electron chi connectivity index (χ1n) is 7.21. The highest BCUT2D eigenvalue weighted by molar-refractivity contribution is 7.16. The van der Waals surface area contributed by atoms with Gasteiger partial charge < -0.3 is 9.30 Å². The number of nitrogens with zero attached hydrogens (tertiary/aromatic N) is 2. The summed E-state index contributed by atoms with van der Waals surface area (Å²) in [6, 6.07) is 12.5. The first-order chi connectivity index (χ1) is 11.6. The Labute approximate surface area is 152 Å². The largest absolute Gasteiger partial charge is 0.383 e. The fraction of sp³-hybridized carbons (Fsp3) is 0.176. The number of benzene rings is 2. The molecule has 0 unspecified atom stereocenters. The maximum absolute atomic E-state index is 12.5. The minimum atomic E-state index is -0.371. The van der Waals surface area contributed by atoms with E-state index in [2.05, 4.69) is 4.99 Å². The maximum atomic E-state index is 12.5. The van der Waals surface area contributed by atoms with Gasteiger partial charge in [-0.05, 0) is 30.3 Å². The van der Waals surface area contributed by atoms with E-state index in [1.165, 1.54) is 11.3 Å². The average Bonchev–Trinajstić information content (AvgIpc) is 2.89. The molecule has 0 aliphatic heterocycles. The smallest absolute Gasteiger partial charge is 0.281 e. The lowest BCUT2D eigenvalue weighted by Gasteiger charge is -2.04. The normalized spacial score (nSPS) is 12.0. The highest BCUT2D eigenvalue weighted by Gasteiger charge is 2.11. The van der Waals surface area contributed by atoms with E-state index in [1.54, 1.807) is 31.4 Å². The van der Waals surface area contributed by atoms with Gasteiger partial charge in [0.05, 0.1) is 27.4 Å². The molecule has 1 aromatic heterocycles. The second kappa shape index (κ2) is 7.49. The molecule has 24 heavy (non-hydrogen) atoms. The zero-order chi connectivity index (χ0) is 17.1. The summed E-state index contributed by atoms with van der Waals surface area (Å²) < 4.78 is 8.08. The topological polar surface area (TPSA) is 43.6 Å². The number of thiazole rings is 1. The second-order valence-corrected chi connectivity index (χ2v) is 6.89. The predicted octanol–water partition coefficient (Wildman–Crippen LogP) is 4.40. The number of fused-ring (bicyclic) bond motifs is 1. The Morgan fingerprint density at radius 3 is 2.79 bits per heavy atom. The molecule has 7 heteroatoms. The number of carbonyl (C=O) groups excluding carboxylic acids is 1. The molecule has 0 saturated heterocycles. The Morgan fingerprint density at radius 2 is 2.04 bits per heavy atom. The lowest BCUT2D eigenvalue weighted by Crippen LogP contribution is -2.19. The van der Waals surface area contributed by atoms with Crippen LogP contribution in [-0.4, -0.2) is 24.2 Å². The highest BCUT2D eigenvalue weighted by atomic mass is 35.5. The summed E-state index contributed by atoms with van der Waals surface area (Å²) in [6.45, 7) is 1.11. The monoisotopic (exact) mass is 380 g/mol. The van der Waals surface area contributed by atoms with Crippen molar-refractivity contribution in [1.29, 1.82) is 0 Å². The van der Waals surface area contributed by atoms with Crippen LogP contribution in [0.1, 0.15) is 10.4 Å². The molecule has 4 nitrogen and oxygen atoms in total. The van der Waals surface area contributed by atoms with Crippen molar-refractivity contribution in [3.8, 4) is 0 Å². The number of rotatable bonds is 4. The van der Waals surface area contributed by atoms with E-state index in [4.69, 9.17) is 27.9 Å². The Bertz CT molecular complexity index is 963. The molecule has 3 rings (SSSR count). The molecule has 0 spiro atoms. The summed E-state index contributed by atoms with van der Waals surface area (Å²) >= 11 is 13.6. The van der Waals surface area contributed by atoms with E-state index < -0.39 is 0 Å². The quantitative estimate of drug-likeness (QED) is 0.673. The third-order valence-corrected chi connectivity index (χ3v) is 5.07. The van der Waals surface area contributed by atoms with E-state index >= 15 is 0 Å². The fourth-order valence-corrected chi connectivity index (χ4v) is 3.86. The van der Waals surface area contributed by atoms with Crippen molar-refractivity contribution in [1.82, 2.24) is 4.57 Å². The van der Waals surface area contributed by atoms with Gasteiger partial charge >= 0.3 is 0 Å². The number of hydrogen-bond donors (Lipinski definition) is 0. The van der Waals surface area contributed by atoms with Gasteiger partial charge in [0.15, 0.2) is 4.80 Å². The highest BCUT2D eigenvalue weighted by Crippen LogP contribution is 2.22. The molecule has 0 atom stereocenters. The minimum absolute atomic E-state index is 0.371. The number of halogens is 2. The van der Waals surface area contributed by atoms with Crippen molar-refractivity contribution in [3.63, 3.8) is 0 Å². The fourth-order valence-electron chi connectivity index (χ4n) is 2.31.